The van der Waals surface area contributed by atoms with E-state index < -0.39 is 14.9 Å². The molecular formula is C27H24BrN3O4S2. The van der Waals surface area contributed by atoms with Gasteiger partial charge in [0.25, 0.3) is 5.69 Å². The van der Waals surface area contributed by atoms with E-state index in [0.717, 1.165) is 25.5 Å². The summed E-state index contributed by atoms with van der Waals surface area (Å²) in [6, 6.07) is 24.5. The second-order valence-corrected chi connectivity index (χ2v) is 12.3. The maximum Gasteiger partial charge on any atom is 0.269 e. The Hall–Kier alpha value is -3.05. The zero-order chi connectivity index (χ0) is 26.4. The monoisotopic (exact) mass is 597 g/mol. The van der Waals surface area contributed by atoms with Crippen LogP contribution in [0.15, 0.2) is 110 Å². The van der Waals surface area contributed by atoms with Gasteiger partial charge in [0, 0.05) is 57.8 Å². The van der Waals surface area contributed by atoms with Crippen molar-refractivity contribution in [2.45, 2.75) is 34.6 Å². The second-order valence-electron chi connectivity index (χ2n) is 8.33. The first kappa shape index (κ1) is 27.0. The van der Waals surface area contributed by atoms with Crippen molar-refractivity contribution in [1.82, 2.24) is 9.29 Å². The lowest BCUT2D eigenvalue weighted by Crippen LogP contribution is -2.33. The highest BCUT2D eigenvalue weighted by Crippen LogP contribution is 2.34. The fraction of sp³-hybridized carbons (Fsp3) is 0.148. The fourth-order valence-corrected chi connectivity index (χ4v) is 6.25. The zero-order valence-electron chi connectivity index (χ0n) is 20.0. The van der Waals surface area contributed by atoms with Crippen LogP contribution >= 0.6 is 27.7 Å². The van der Waals surface area contributed by atoms with Crippen molar-refractivity contribution in [3.05, 3.63) is 123 Å². The van der Waals surface area contributed by atoms with Crippen LogP contribution in [0.5, 0.6) is 0 Å². The Kier molecular flexibility index (Phi) is 8.75. The highest BCUT2D eigenvalue weighted by molar-refractivity contribution is 9.10. The minimum absolute atomic E-state index is 0.0267. The molecule has 0 saturated heterocycles. The Balaban J connectivity index is 1.72. The lowest BCUT2D eigenvalue weighted by Gasteiger charge is -2.23. The Bertz CT molecular complexity index is 1480. The molecule has 0 aliphatic rings. The SMILES string of the molecule is Cc1ccc(Sc2ccc([N+](=O)[O-])cc2CN(CCc2ccccn2)S(=O)(=O)c2ccc(Br)cc2)cc1. The number of nitro groups is 1. The van der Waals surface area contributed by atoms with Crippen LogP contribution < -0.4 is 0 Å². The number of aromatic nitrogens is 1. The summed E-state index contributed by atoms with van der Waals surface area (Å²) >= 11 is 4.79. The number of benzene rings is 3. The number of halogens is 1. The largest absolute Gasteiger partial charge is 0.269 e. The van der Waals surface area contributed by atoms with Crippen LogP contribution in [-0.4, -0.2) is 29.2 Å². The van der Waals surface area contributed by atoms with E-state index in [9.17, 15) is 18.5 Å². The first-order chi connectivity index (χ1) is 17.7. The Morgan fingerprint density at radius 1 is 1.00 bits per heavy atom. The van der Waals surface area contributed by atoms with Crippen molar-refractivity contribution in [3.63, 3.8) is 0 Å². The molecule has 0 aliphatic heterocycles. The van der Waals surface area contributed by atoms with Crippen LogP contribution in [-0.2, 0) is 23.0 Å². The minimum atomic E-state index is -3.91. The molecule has 10 heteroatoms. The number of nitrogens with zero attached hydrogens (tertiary/aromatic N) is 3. The van der Waals surface area contributed by atoms with Crippen LogP contribution in [0.3, 0.4) is 0 Å². The molecule has 0 spiro atoms. The molecule has 3 aromatic carbocycles. The van der Waals surface area contributed by atoms with E-state index in [-0.39, 0.29) is 23.7 Å². The van der Waals surface area contributed by atoms with Gasteiger partial charge in [-0.25, -0.2) is 8.42 Å². The van der Waals surface area contributed by atoms with Crippen molar-refractivity contribution in [2.24, 2.45) is 0 Å². The molecule has 4 rings (SSSR count). The lowest BCUT2D eigenvalue weighted by atomic mass is 10.2. The molecule has 0 saturated carbocycles. The number of hydrogen-bond acceptors (Lipinski definition) is 6. The van der Waals surface area contributed by atoms with Crippen LogP contribution in [0.25, 0.3) is 0 Å². The van der Waals surface area contributed by atoms with Gasteiger partial charge in [-0.05, 0) is 67.1 Å². The molecular weight excluding hydrogens is 574 g/mol. The predicted octanol–water partition coefficient (Wildman–Crippen LogP) is 6.65. The Morgan fingerprint density at radius 3 is 2.38 bits per heavy atom. The van der Waals surface area contributed by atoms with Gasteiger partial charge in [-0.1, -0.05) is 51.5 Å². The van der Waals surface area contributed by atoms with E-state index in [4.69, 9.17) is 0 Å². The van der Waals surface area contributed by atoms with E-state index in [1.807, 2.05) is 43.3 Å². The summed E-state index contributed by atoms with van der Waals surface area (Å²) in [5.74, 6) is 0. The number of sulfonamides is 1. The van der Waals surface area contributed by atoms with Gasteiger partial charge in [0.05, 0.1) is 9.82 Å². The smallest absolute Gasteiger partial charge is 0.261 e. The molecule has 0 atom stereocenters. The second kappa shape index (κ2) is 12.0. The van der Waals surface area contributed by atoms with Crippen molar-refractivity contribution in [3.8, 4) is 0 Å². The van der Waals surface area contributed by atoms with E-state index in [1.54, 1.807) is 42.6 Å². The van der Waals surface area contributed by atoms with E-state index in [0.29, 0.717) is 12.0 Å². The summed E-state index contributed by atoms with van der Waals surface area (Å²) in [7, 11) is -3.91. The molecule has 0 radical (unpaired) electrons. The van der Waals surface area contributed by atoms with Gasteiger partial charge in [-0.2, -0.15) is 4.31 Å². The highest BCUT2D eigenvalue weighted by atomic mass is 79.9. The molecule has 7 nitrogen and oxygen atoms in total. The van der Waals surface area contributed by atoms with Crippen LogP contribution in [0.2, 0.25) is 0 Å². The molecule has 0 aliphatic carbocycles. The van der Waals surface area contributed by atoms with Gasteiger partial charge in [-0.15, -0.1) is 0 Å². The quantitative estimate of drug-likeness (QED) is 0.150. The van der Waals surface area contributed by atoms with Gasteiger partial charge in [0.2, 0.25) is 10.0 Å². The summed E-state index contributed by atoms with van der Waals surface area (Å²) < 4.78 is 29.6. The third-order valence-corrected chi connectivity index (χ3v) is 9.16. The van der Waals surface area contributed by atoms with Gasteiger partial charge in [0.15, 0.2) is 0 Å². The summed E-state index contributed by atoms with van der Waals surface area (Å²) in [6.45, 7) is 2.13. The first-order valence-electron chi connectivity index (χ1n) is 11.4. The van der Waals surface area contributed by atoms with Gasteiger partial charge in [-0.3, -0.25) is 15.1 Å². The van der Waals surface area contributed by atoms with Gasteiger partial charge < -0.3 is 0 Å². The molecule has 0 bridgehead atoms. The third kappa shape index (κ3) is 7.04. The molecule has 0 fully saturated rings. The van der Waals surface area contributed by atoms with Crippen LogP contribution in [0.4, 0.5) is 5.69 Å². The van der Waals surface area contributed by atoms with Crippen molar-refractivity contribution in [1.29, 1.82) is 0 Å². The zero-order valence-corrected chi connectivity index (χ0v) is 23.2. The minimum Gasteiger partial charge on any atom is -0.261 e. The van der Waals surface area contributed by atoms with Gasteiger partial charge >= 0.3 is 0 Å². The Labute approximate surface area is 228 Å². The van der Waals surface area contributed by atoms with Crippen molar-refractivity contribution >= 4 is 43.4 Å². The standard InChI is InChI=1S/C27H24BrN3O4S2/c1-20-5-10-25(11-6-20)36-27-14-9-24(31(32)33)18-21(27)19-30(17-15-23-4-2-3-16-29-23)37(34,35)26-12-7-22(28)8-13-26/h2-14,16,18H,15,17,19H2,1H3. The summed E-state index contributed by atoms with van der Waals surface area (Å²) in [4.78, 5) is 17.3. The average molecular weight is 599 g/mol. The maximum absolute atomic E-state index is 13.7. The van der Waals surface area contributed by atoms with Crippen LogP contribution in [0.1, 0.15) is 16.8 Å². The van der Waals surface area contributed by atoms with Gasteiger partial charge in [0.1, 0.15) is 0 Å². The van der Waals surface area contributed by atoms with Crippen LogP contribution in [0, 0.1) is 17.0 Å². The molecule has 190 valence electrons. The lowest BCUT2D eigenvalue weighted by molar-refractivity contribution is -0.385. The first-order valence-corrected chi connectivity index (χ1v) is 14.4. The normalized spacial score (nSPS) is 11.5. The molecule has 0 N–H and O–H groups in total. The number of aryl methyl sites for hydroxylation is 1. The fourth-order valence-electron chi connectivity index (χ4n) is 3.65. The number of hydrogen-bond donors (Lipinski definition) is 0. The highest BCUT2D eigenvalue weighted by Gasteiger charge is 2.26. The topological polar surface area (TPSA) is 93.4 Å². The van der Waals surface area contributed by atoms with E-state index >= 15 is 0 Å². The number of rotatable bonds is 10. The number of pyridine rings is 1. The predicted molar refractivity (Wildman–Crippen MR) is 148 cm³/mol. The molecule has 4 aromatic rings. The Morgan fingerprint density at radius 2 is 1.73 bits per heavy atom. The molecule has 0 unspecified atom stereocenters. The summed E-state index contributed by atoms with van der Waals surface area (Å²) in [6.07, 6.45) is 2.06. The number of non-ortho nitro benzene ring substituents is 1. The maximum atomic E-state index is 13.7. The number of nitro benzene ring substituents is 1. The summed E-state index contributed by atoms with van der Waals surface area (Å²) in [5, 5.41) is 11.6. The summed E-state index contributed by atoms with van der Waals surface area (Å²) in [5.41, 5.74) is 2.34. The van der Waals surface area contributed by atoms with Crippen molar-refractivity contribution in [2.75, 3.05) is 6.54 Å². The average Bonchev–Trinajstić information content (AvgIpc) is 2.89. The molecule has 1 heterocycles. The van der Waals surface area contributed by atoms with Crippen molar-refractivity contribution < 1.29 is 13.3 Å². The third-order valence-electron chi connectivity index (χ3n) is 5.65. The molecule has 0 amide bonds. The molecule has 1 aromatic heterocycles. The van der Waals surface area contributed by atoms with E-state index in [2.05, 4.69) is 20.9 Å². The molecule has 37 heavy (non-hydrogen) atoms. The van der Waals surface area contributed by atoms with E-state index in [1.165, 1.54) is 28.2 Å².